The number of urea groups is 1. The number of rotatable bonds is 5. The molecule has 6 nitrogen and oxygen atoms in total. The minimum Gasteiger partial charge on any atom is -0.377 e. The molecule has 1 aliphatic carbocycles. The van der Waals surface area contributed by atoms with Gasteiger partial charge in [0, 0.05) is 53.5 Å². The Kier molecular flexibility index (Phi) is 6.84. The number of carbonyl (C=O) groups is 1. The van der Waals surface area contributed by atoms with Crippen LogP contribution in [-0.4, -0.2) is 37.2 Å². The van der Waals surface area contributed by atoms with Crippen molar-refractivity contribution in [2.45, 2.75) is 44.7 Å². The van der Waals surface area contributed by atoms with Crippen LogP contribution in [0.2, 0.25) is 0 Å². The third-order valence-corrected chi connectivity index (χ3v) is 6.52. The number of hydrogen-bond donors (Lipinski definition) is 3. The molecule has 1 aromatic heterocycles. The van der Waals surface area contributed by atoms with Gasteiger partial charge in [0.1, 0.15) is 5.82 Å². The molecule has 7 heteroatoms. The molecule has 0 radical (unpaired) electrons. The summed E-state index contributed by atoms with van der Waals surface area (Å²) < 4.78 is 1.00. The number of amides is 2. The maximum atomic E-state index is 12.5. The number of para-hydroxylation sites is 1. The minimum atomic E-state index is -0.140. The molecular weight excluding hydrogens is 466 g/mol. The molecule has 3 N–H and O–H groups in total. The van der Waals surface area contributed by atoms with Gasteiger partial charge < -0.3 is 20.9 Å². The minimum absolute atomic E-state index is 0.140. The Balaban J connectivity index is 1.32. The summed E-state index contributed by atoms with van der Waals surface area (Å²) in [6, 6.07) is 16.6. The molecule has 0 saturated heterocycles. The summed E-state index contributed by atoms with van der Waals surface area (Å²) in [5.41, 5.74) is 4.02. The van der Waals surface area contributed by atoms with Crippen LogP contribution in [0.3, 0.4) is 0 Å². The number of aromatic nitrogens is 1. The summed E-state index contributed by atoms with van der Waals surface area (Å²) in [6.45, 7) is 1.99. The molecule has 2 amide bonds. The highest BCUT2D eigenvalue weighted by molar-refractivity contribution is 9.10. The molecule has 0 unspecified atom stereocenters. The number of nitrogens with one attached hydrogen (secondary N) is 3. The first-order valence-corrected chi connectivity index (χ1v) is 11.9. The number of anilines is 3. The highest BCUT2D eigenvalue weighted by atomic mass is 79.9. The molecule has 1 saturated carbocycles. The van der Waals surface area contributed by atoms with Gasteiger partial charge in [0.15, 0.2) is 0 Å². The number of carbonyl (C=O) groups excluding carboxylic acids is 1. The first kappa shape index (κ1) is 22.4. The average Bonchev–Trinajstić information content (AvgIpc) is 2.76. The lowest BCUT2D eigenvalue weighted by molar-refractivity contribution is 0.243. The zero-order chi connectivity index (χ0) is 22.7. The van der Waals surface area contributed by atoms with Crippen molar-refractivity contribution in [1.82, 2.24) is 10.3 Å². The topological polar surface area (TPSA) is 69.3 Å². The molecule has 2 aromatic carbocycles. The molecule has 3 aromatic rings. The van der Waals surface area contributed by atoms with Gasteiger partial charge in [-0.1, -0.05) is 34.1 Å². The first-order valence-electron chi connectivity index (χ1n) is 11.1. The van der Waals surface area contributed by atoms with E-state index in [4.69, 9.17) is 4.98 Å². The Morgan fingerprint density at radius 2 is 1.75 bits per heavy atom. The van der Waals surface area contributed by atoms with E-state index in [0.717, 1.165) is 63.8 Å². The smallest absolute Gasteiger partial charge is 0.319 e. The predicted octanol–water partition coefficient (Wildman–Crippen LogP) is 5.92. The molecule has 1 aliphatic rings. The van der Waals surface area contributed by atoms with Crippen LogP contribution in [0.1, 0.15) is 31.2 Å². The van der Waals surface area contributed by atoms with E-state index in [1.165, 1.54) is 0 Å². The summed E-state index contributed by atoms with van der Waals surface area (Å²) in [4.78, 5) is 19.4. The van der Waals surface area contributed by atoms with E-state index in [-0.39, 0.29) is 12.1 Å². The molecule has 168 valence electrons. The number of fused-ring (bicyclic) bond motifs is 1. The van der Waals surface area contributed by atoms with Gasteiger partial charge in [-0.2, -0.15) is 0 Å². The van der Waals surface area contributed by atoms with Crippen LogP contribution < -0.4 is 20.9 Å². The van der Waals surface area contributed by atoms with Gasteiger partial charge in [0.25, 0.3) is 0 Å². The van der Waals surface area contributed by atoms with Crippen molar-refractivity contribution in [2.24, 2.45) is 0 Å². The predicted molar refractivity (Wildman–Crippen MR) is 137 cm³/mol. The van der Waals surface area contributed by atoms with Crippen molar-refractivity contribution >= 4 is 50.1 Å². The van der Waals surface area contributed by atoms with Crippen molar-refractivity contribution in [3.8, 4) is 0 Å². The van der Waals surface area contributed by atoms with Crippen LogP contribution in [-0.2, 0) is 0 Å². The van der Waals surface area contributed by atoms with Crippen LogP contribution >= 0.6 is 15.9 Å². The second-order valence-electron chi connectivity index (χ2n) is 8.69. The Bertz CT molecular complexity index is 1110. The Morgan fingerprint density at radius 3 is 2.47 bits per heavy atom. The fourth-order valence-electron chi connectivity index (χ4n) is 4.30. The Morgan fingerprint density at radius 1 is 1.03 bits per heavy atom. The molecule has 0 bridgehead atoms. The number of halogens is 1. The third-order valence-electron chi connectivity index (χ3n) is 6.03. The van der Waals surface area contributed by atoms with E-state index in [2.05, 4.69) is 69.1 Å². The average molecular weight is 496 g/mol. The van der Waals surface area contributed by atoms with Crippen molar-refractivity contribution in [1.29, 1.82) is 0 Å². The summed E-state index contributed by atoms with van der Waals surface area (Å²) in [5, 5.41) is 10.9. The molecule has 0 aliphatic heterocycles. The summed E-state index contributed by atoms with van der Waals surface area (Å²) in [5.74, 6) is 0.910. The molecular formula is C25H30BrN5O. The van der Waals surface area contributed by atoms with E-state index in [1.54, 1.807) is 0 Å². The van der Waals surface area contributed by atoms with E-state index in [1.807, 2.05) is 37.3 Å². The van der Waals surface area contributed by atoms with E-state index >= 15 is 0 Å². The fraction of sp³-hybridized carbons (Fsp3) is 0.360. The largest absolute Gasteiger partial charge is 0.377 e. The van der Waals surface area contributed by atoms with Crippen molar-refractivity contribution in [3.63, 3.8) is 0 Å². The second-order valence-corrected chi connectivity index (χ2v) is 9.60. The SMILES string of the molecule is Cc1cc(Br)ccc1NC(=O)NC1CCC(Nc2cc(N(C)C)c3ccccc3n2)CC1. The van der Waals surface area contributed by atoms with Gasteiger partial charge >= 0.3 is 6.03 Å². The van der Waals surface area contributed by atoms with Crippen LogP contribution in [0.5, 0.6) is 0 Å². The summed E-state index contributed by atoms with van der Waals surface area (Å²) in [7, 11) is 4.12. The molecule has 4 rings (SSSR count). The molecule has 1 fully saturated rings. The zero-order valence-corrected chi connectivity index (χ0v) is 20.4. The quantitative estimate of drug-likeness (QED) is 0.411. The van der Waals surface area contributed by atoms with Crippen LogP contribution in [0.15, 0.2) is 53.0 Å². The lowest BCUT2D eigenvalue weighted by Crippen LogP contribution is -2.42. The van der Waals surface area contributed by atoms with Gasteiger partial charge in [-0.15, -0.1) is 0 Å². The standard InChI is InChI=1S/C25H30BrN5O/c1-16-14-17(26)8-13-21(16)30-25(32)28-19-11-9-18(10-12-19)27-24-15-23(31(2)3)20-6-4-5-7-22(20)29-24/h4-8,13-15,18-19H,9-12H2,1-3H3,(H,27,29)(H2,28,30,32). The zero-order valence-electron chi connectivity index (χ0n) is 18.8. The number of benzene rings is 2. The normalized spacial score (nSPS) is 18.2. The third kappa shape index (κ3) is 5.33. The number of pyridine rings is 1. The van der Waals surface area contributed by atoms with Crippen molar-refractivity contribution in [2.75, 3.05) is 29.6 Å². The lowest BCUT2D eigenvalue weighted by Gasteiger charge is -2.30. The van der Waals surface area contributed by atoms with Gasteiger partial charge in [-0.25, -0.2) is 9.78 Å². The second kappa shape index (κ2) is 9.77. The molecule has 0 spiro atoms. The number of nitrogens with zero attached hydrogens (tertiary/aromatic N) is 2. The monoisotopic (exact) mass is 495 g/mol. The van der Waals surface area contributed by atoms with Crippen molar-refractivity contribution in [3.05, 3.63) is 58.6 Å². The van der Waals surface area contributed by atoms with Gasteiger partial charge in [-0.3, -0.25) is 0 Å². The fourth-order valence-corrected chi connectivity index (χ4v) is 4.78. The maximum Gasteiger partial charge on any atom is 0.319 e. The van der Waals surface area contributed by atoms with Crippen LogP contribution in [0.4, 0.5) is 22.0 Å². The van der Waals surface area contributed by atoms with E-state index in [0.29, 0.717) is 6.04 Å². The Hall–Kier alpha value is -2.80. The highest BCUT2D eigenvalue weighted by Crippen LogP contribution is 2.29. The summed E-state index contributed by atoms with van der Waals surface area (Å²) >= 11 is 3.45. The van der Waals surface area contributed by atoms with Crippen molar-refractivity contribution < 1.29 is 4.79 Å². The van der Waals surface area contributed by atoms with E-state index in [9.17, 15) is 4.79 Å². The van der Waals surface area contributed by atoms with Gasteiger partial charge in [-0.05, 0) is 62.4 Å². The number of hydrogen-bond acceptors (Lipinski definition) is 4. The lowest BCUT2D eigenvalue weighted by atomic mass is 9.91. The number of aryl methyl sites for hydroxylation is 1. The van der Waals surface area contributed by atoms with Gasteiger partial charge in [0.05, 0.1) is 5.52 Å². The Labute approximate surface area is 197 Å². The van der Waals surface area contributed by atoms with Crippen LogP contribution in [0.25, 0.3) is 10.9 Å². The molecule has 0 atom stereocenters. The molecule has 32 heavy (non-hydrogen) atoms. The van der Waals surface area contributed by atoms with Crippen LogP contribution in [0, 0.1) is 6.92 Å². The maximum absolute atomic E-state index is 12.5. The summed E-state index contributed by atoms with van der Waals surface area (Å²) in [6.07, 6.45) is 3.87. The first-order chi connectivity index (χ1) is 15.4. The molecule has 1 heterocycles. The van der Waals surface area contributed by atoms with E-state index < -0.39 is 0 Å². The highest BCUT2D eigenvalue weighted by Gasteiger charge is 2.23. The van der Waals surface area contributed by atoms with Gasteiger partial charge in [0.2, 0.25) is 0 Å².